The summed E-state index contributed by atoms with van der Waals surface area (Å²) in [5.41, 5.74) is 0.0642. The Labute approximate surface area is 112 Å². The van der Waals surface area contributed by atoms with E-state index in [4.69, 9.17) is 18.3 Å². The highest BCUT2D eigenvalue weighted by Gasteiger charge is 2.20. The number of fused-ring (bicyclic) bond motifs is 2. The van der Waals surface area contributed by atoms with Crippen LogP contribution >= 0.6 is 0 Å². The van der Waals surface area contributed by atoms with Crippen molar-refractivity contribution in [2.75, 3.05) is 14.2 Å². The van der Waals surface area contributed by atoms with Crippen LogP contribution in [0.25, 0.3) is 21.9 Å². The van der Waals surface area contributed by atoms with E-state index >= 15 is 0 Å². The van der Waals surface area contributed by atoms with Gasteiger partial charge in [0.05, 0.1) is 25.9 Å². The van der Waals surface area contributed by atoms with E-state index in [2.05, 4.69) is 0 Å². The molecule has 2 heterocycles. The number of hydrogen-bond donors (Lipinski definition) is 0. The fourth-order valence-corrected chi connectivity index (χ4v) is 2.20. The SMILES string of the molecule is COc1oc2cc3occc3c(OC)c2c(=O)c1C=O. The molecule has 20 heavy (non-hydrogen) atoms. The Morgan fingerprint density at radius 3 is 2.65 bits per heavy atom. The number of benzene rings is 1. The van der Waals surface area contributed by atoms with Gasteiger partial charge in [-0.3, -0.25) is 9.59 Å². The fourth-order valence-electron chi connectivity index (χ4n) is 2.20. The Morgan fingerprint density at radius 2 is 2.00 bits per heavy atom. The quantitative estimate of drug-likeness (QED) is 0.682. The number of ether oxygens (including phenoxy) is 2. The summed E-state index contributed by atoms with van der Waals surface area (Å²) in [6.45, 7) is 0. The fraction of sp³-hybridized carbons (Fsp3) is 0.143. The molecule has 0 saturated carbocycles. The molecule has 0 N–H and O–H groups in total. The highest BCUT2D eigenvalue weighted by atomic mass is 16.6. The summed E-state index contributed by atoms with van der Waals surface area (Å²) in [5, 5.41) is 0.818. The second-order valence-electron chi connectivity index (χ2n) is 4.07. The molecular formula is C14H10O6. The number of hydrogen-bond acceptors (Lipinski definition) is 6. The molecule has 0 spiro atoms. The van der Waals surface area contributed by atoms with Crippen molar-refractivity contribution in [2.45, 2.75) is 0 Å². The molecule has 6 heteroatoms. The average Bonchev–Trinajstić information content (AvgIpc) is 2.92. The highest BCUT2D eigenvalue weighted by Crippen LogP contribution is 2.35. The number of furan rings is 1. The largest absolute Gasteiger partial charge is 0.495 e. The van der Waals surface area contributed by atoms with Gasteiger partial charge >= 0.3 is 0 Å². The van der Waals surface area contributed by atoms with Crippen LogP contribution in [0.1, 0.15) is 10.4 Å². The van der Waals surface area contributed by atoms with E-state index < -0.39 is 5.43 Å². The van der Waals surface area contributed by atoms with Crippen molar-refractivity contribution in [1.29, 1.82) is 0 Å². The van der Waals surface area contributed by atoms with Gasteiger partial charge in [0, 0.05) is 6.07 Å². The molecule has 3 rings (SSSR count). The summed E-state index contributed by atoms with van der Waals surface area (Å²) in [5.74, 6) is 0.177. The number of methoxy groups -OCH3 is 2. The van der Waals surface area contributed by atoms with Gasteiger partial charge < -0.3 is 18.3 Å². The van der Waals surface area contributed by atoms with Crippen LogP contribution in [0.3, 0.4) is 0 Å². The van der Waals surface area contributed by atoms with Crippen molar-refractivity contribution in [3.8, 4) is 11.7 Å². The van der Waals surface area contributed by atoms with Gasteiger partial charge in [-0.2, -0.15) is 0 Å². The van der Waals surface area contributed by atoms with Gasteiger partial charge in [0.25, 0.3) is 5.95 Å². The Balaban J connectivity index is 2.59. The van der Waals surface area contributed by atoms with Gasteiger partial charge in [-0.25, -0.2) is 0 Å². The molecule has 3 aromatic rings. The topological polar surface area (TPSA) is 78.9 Å². The third kappa shape index (κ3) is 1.51. The first-order chi connectivity index (χ1) is 9.71. The van der Waals surface area contributed by atoms with Gasteiger partial charge in [-0.15, -0.1) is 0 Å². The molecule has 0 atom stereocenters. The Hall–Kier alpha value is -2.76. The average molecular weight is 274 g/mol. The third-order valence-electron chi connectivity index (χ3n) is 3.08. The van der Waals surface area contributed by atoms with E-state index in [9.17, 15) is 9.59 Å². The summed E-state index contributed by atoms with van der Waals surface area (Å²) >= 11 is 0. The minimum absolute atomic E-state index is 0.134. The summed E-state index contributed by atoms with van der Waals surface area (Å²) < 4.78 is 20.9. The van der Waals surface area contributed by atoms with Crippen molar-refractivity contribution >= 4 is 28.2 Å². The van der Waals surface area contributed by atoms with Crippen molar-refractivity contribution in [3.05, 3.63) is 34.2 Å². The molecule has 0 aliphatic carbocycles. The molecule has 0 saturated heterocycles. The Kier molecular flexibility index (Phi) is 2.71. The lowest BCUT2D eigenvalue weighted by Crippen LogP contribution is -2.11. The van der Waals surface area contributed by atoms with Gasteiger partial charge in [-0.1, -0.05) is 0 Å². The first-order valence-electron chi connectivity index (χ1n) is 5.75. The van der Waals surface area contributed by atoms with Crippen LogP contribution in [-0.4, -0.2) is 20.5 Å². The zero-order chi connectivity index (χ0) is 14.3. The molecule has 0 aliphatic rings. The van der Waals surface area contributed by atoms with E-state index in [1.54, 1.807) is 12.1 Å². The standard InChI is InChI=1S/C14H10O6/c1-17-13-7-3-4-19-9(7)5-10-11(13)12(16)8(6-15)14(18-2)20-10/h3-6H,1-2H3. The molecule has 0 unspecified atom stereocenters. The van der Waals surface area contributed by atoms with Crippen molar-refractivity contribution in [1.82, 2.24) is 0 Å². The van der Waals surface area contributed by atoms with Crippen LogP contribution in [-0.2, 0) is 0 Å². The monoisotopic (exact) mass is 274 g/mol. The maximum absolute atomic E-state index is 12.4. The number of rotatable bonds is 3. The van der Waals surface area contributed by atoms with Crippen LogP contribution in [0.5, 0.6) is 11.7 Å². The normalized spacial score (nSPS) is 10.9. The minimum atomic E-state index is -0.502. The van der Waals surface area contributed by atoms with Crippen LogP contribution in [0.4, 0.5) is 0 Å². The number of carbonyl (C=O) groups is 1. The molecule has 2 aromatic heterocycles. The van der Waals surface area contributed by atoms with Crippen LogP contribution in [0.15, 0.2) is 32.0 Å². The molecule has 0 bridgehead atoms. The zero-order valence-corrected chi connectivity index (χ0v) is 10.8. The van der Waals surface area contributed by atoms with Crippen molar-refractivity contribution in [2.24, 2.45) is 0 Å². The summed E-state index contributed by atoms with van der Waals surface area (Å²) in [4.78, 5) is 23.5. The molecule has 102 valence electrons. The van der Waals surface area contributed by atoms with E-state index in [0.29, 0.717) is 23.0 Å². The molecule has 6 nitrogen and oxygen atoms in total. The molecule has 0 amide bonds. The zero-order valence-electron chi connectivity index (χ0n) is 10.8. The Morgan fingerprint density at radius 1 is 1.20 bits per heavy atom. The first-order valence-corrected chi connectivity index (χ1v) is 5.75. The minimum Gasteiger partial charge on any atom is -0.495 e. The lowest BCUT2D eigenvalue weighted by atomic mass is 10.1. The molecular weight excluding hydrogens is 264 g/mol. The first kappa shape index (κ1) is 12.3. The predicted molar refractivity (Wildman–Crippen MR) is 70.7 cm³/mol. The van der Waals surface area contributed by atoms with Gasteiger partial charge in [-0.05, 0) is 6.07 Å². The smallest absolute Gasteiger partial charge is 0.299 e. The van der Waals surface area contributed by atoms with Crippen LogP contribution in [0.2, 0.25) is 0 Å². The second kappa shape index (κ2) is 4.41. The van der Waals surface area contributed by atoms with Gasteiger partial charge in [0.15, 0.2) is 6.29 Å². The Bertz CT molecular complexity index is 871. The van der Waals surface area contributed by atoms with E-state index in [1.165, 1.54) is 20.5 Å². The van der Waals surface area contributed by atoms with Crippen LogP contribution in [0, 0.1) is 0 Å². The van der Waals surface area contributed by atoms with E-state index in [1.807, 2.05) is 0 Å². The van der Waals surface area contributed by atoms with Gasteiger partial charge in [0.1, 0.15) is 27.9 Å². The van der Waals surface area contributed by atoms with E-state index in [0.717, 1.165) is 0 Å². The van der Waals surface area contributed by atoms with Crippen LogP contribution < -0.4 is 14.9 Å². The third-order valence-corrected chi connectivity index (χ3v) is 3.08. The van der Waals surface area contributed by atoms with E-state index in [-0.39, 0.29) is 22.5 Å². The highest BCUT2D eigenvalue weighted by molar-refractivity contribution is 6.02. The predicted octanol–water partition coefficient (Wildman–Crippen LogP) is 2.37. The van der Waals surface area contributed by atoms with Crippen molar-refractivity contribution in [3.63, 3.8) is 0 Å². The maximum atomic E-state index is 12.4. The lowest BCUT2D eigenvalue weighted by molar-refractivity contribution is 0.111. The molecule has 0 aliphatic heterocycles. The summed E-state index contributed by atoms with van der Waals surface area (Å²) in [6.07, 6.45) is 1.89. The maximum Gasteiger partial charge on any atom is 0.299 e. The number of carbonyl (C=O) groups excluding carboxylic acids is 1. The molecule has 1 aromatic carbocycles. The summed E-state index contributed by atoms with van der Waals surface area (Å²) in [6, 6.07) is 3.24. The number of aldehydes is 1. The summed E-state index contributed by atoms with van der Waals surface area (Å²) in [7, 11) is 2.76. The molecule has 0 fully saturated rings. The molecule has 0 radical (unpaired) electrons. The van der Waals surface area contributed by atoms with Gasteiger partial charge in [0.2, 0.25) is 5.43 Å². The second-order valence-corrected chi connectivity index (χ2v) is 4.07. The lowest BCUT2D eigenvalue weighted by Gasteiger charge is -2.08. The van der Waals surface area contributed by atoms with Crippen molar-refractivity contribution < 1.29 is 23.1 Å².